The zero-order valence-corrected chi connectivity index (χ0v) is 10.6. The SMILES string of the molecule is CC(C)CNc1cc(=S)nc(C(C)C)[nH]1. The van der Waals surface area contributed by atoms with Gasteiger partial charge in [0.05, 0.1) is 0 Å². The summed E-state index contributed by atoms with van der Waals surface area (Å²) in [5.41, 5.74) is 0. The van der Waals surface area contributed by atoms with E-state index in [2.05, 4.69) is 43.0 Å². The summed E-state index contributed by atoms with van der Waals surface area (Å²) in [5, 5.41) is 3.32. The second-order valence-corrected chi connectivity index (χ2v) is 4.87. The zero-order valence-electron chi connectivity index (χ0n) is 9.79. The highest BCUT2D eigenvalue weighted by Gasteiger charge is 2.03. The van der Waals surface area contributed by atoms with E-state index in [9.17, 15) is 0 Å². The highest BCUT2D eigenvalue weighted by atomic mass is 32.1. The van der Waals surface area contributed by atoms with E-state index in [1.807, 2.05) is 6.07 Å². The van der Waals surface area contributed by atoms with Crippen molar-refractivity contribution in [2.45, 2.75) is 33.6 Å². The third kappa shape index (κ3) is 4.00. The van der Waals surface area contributed by atoms with Crippen LogP contribution in [0, 0.1) is 10.6 Å². The van der Waals surface area contributed by atoms with Crippen molar-refractivity contribution in [2.75, 3.05) is 11.9 Å². The van der Waals surface area contributed by atoms with E-state index in [-0.39, 0.29) is 0 Å². The molecule has 0 radical (unpaired) electrons. The maximum absolute atomic E-state index is 5.12. The van der Waals surface area contributed by atoms with Crippen LogP contribution in [0.3, 0.4) is 0 Å². The second kappa shape index (κ2) is 5.26. The number of nitrogens with zero attached hydrogens (tertiary/aromatic N) is 1. The van der Waals surface area contributed by atoms with E-state index in [0.29, 0.717) is 16.5 Å². The second-order valence-electron chi connectivity index (χ2n) is 4.45. The van der Waals surface area contributed by atoms with Gasteiger partial charge in [-0.2, -0.15) is 0 Å². The maximum atomic E-state index is 5.12. The van der Waals surface area contributed by atoms with Crippen LogP contribution in [0.15, 0.2) is 6.07 Å². The van der Waals surface area contributed by atoms with E-state index >= 15 is 0 Å². The number of aromatic amines is 1. The summed E-state index contributed by atoms with van der Waals surface area (Å²) >= 11 is 5.12. The fourth-order valence-electron chi connectivity index (χ4n) is 1.16. The van der Waals surface area contributed by atoms with Gasteiger partial charge in [0.25, 0.3) is 0 Å². The molecule has 0 aliphatic rings. The Labute approximate surface area is 96.3 Å². The largest absolute Gasteiger partial charge is 0.371 e. The van der Waals surface area contributed by atoms with Crippen molar-refractivity contribution in [1.29, 1.82) is 0 Å². The number of rotatable bonds is 4. The highest BCUT2D eigenvalue weighted by Crippen LogP contribution is 2.12. The van der Waals surface area contributed by atoms with Gasteiger partial charge >= 0.3 is 0 Å². The van der Waals surface area contributed by atoms with Crippen LogP contribution in [0.2, 0.25) is 0 Å². The zero-order chi connectivity index (χ0) is 11.4. The molecule has 0 fully saturated rings. The van der Waals surface area contributed by atoms with E-state index in [1.165, 1.54) is 0 Å². The van der Waals surface area contributed by atoms with Crippen LogP contribution < -0.4 is 5.32 Å². The summed E-state index contributed by atoms with van der Waals surface area (Å²) in [6, 6.07) is 1.86. The average molecular weight is 225 g/mol. The van der Waals surface area contributed by atoms with Gasteiger partial charge in [-0.1, -0.05) is 39.9 Å². The number of nitrogens with one attached hydrogen (secondary N) is 2. The third-order valence-corrected chi connectivity index (χ3v) is 2.22. The monoisotopic (exact) mass is 225 g/mol. The molecule has 0 unspecified atom stereocenters. The van der Waals surface area contributed by atoms with Gasteiger partial charge in [-0.15, -0.1) is 0 Å². The minimum atomic E-state index is 0.368. The van der Waals surface area contributed by atoms with E-state index in [1.54, 1.807) is 0 Å². The molecule has 0 atom stereocenters. The Morgan fingerprint density at radius 2 is 2.07 bits per heavy atom. The third-order valence-electron chi connectivity index (χ3n) is 2.01. The van der Waals surface area contributed by atoms with Gasteiger partial charge in [0.15, 0.2) is 0 Å². The molecule has 0 spiro atoms. The number of aromatic nitrogens is 2. The molecule has 0 bridgehead atoms. The molecule has 0 aliphatic carbocycles. The van der Waals surface area contributed by atoms with Crippen molar-refractivity contribution >= 4 is 18.0 Å². The molecule has 0 saturated heterocycles. The van der Waals surface area contributed by atoms with Crippen LogP contribution >= 0.6 is 12.2 Å². The first-order valence-corrected chi connectivity index (χ1v) is 5.75. The molecule has 3 nitrogen and oxygen atoms in total. The average Bonchev–Trinajstić information content (AvgIpc) is 2.13. The molecule has 1 aromatic rings. The Kier molecular flexibility index (Phi) is 4.27. The smallest absolute Gasteiger partial charge is 0.131 e. The lowest BCUT2D eigenvalue weighted by Crippen LogP contribution is -2.11. The topological polar surface area (TPSA) is 40.7 Å². The number of H-pyrrole nitrogens is 1. The van der Waals surface area contributed by atoms with Crippen molar-refractivity contribution in [3.05, 3.63) is 16.5 Å². The Hall–Kier alpha value is -0.900. The lowest BCUT2D eigenvalue weighted by molar-refractivity contribution is 0.684. The quantitative estimate of drug-likeness (QED) is 0.772. The molecule has 1 rings (SSSR count). The molecule has 1 heterocycles. The highest BCUT2D eigenvalue weighted by molar-refractivity contribution is 7.71. The molecule has 84 valence electrons. The van der Waals surface area contributed by atoms with E-state index in [4.69, 9.17) is 12.2 Å². The Morgan fingerprint density at radius 1 is 1.40 bits per heavy atom. The van der Waals surface area contributed by atoms with E-state index < -0.39 is 0 Å². The van der Waals surface area contributed by atoms with Gasteiger partial charge in [-0.25, -0.2) is 4.98 Å². The van der Waals surface area contributed by atoms with Crippen LogP contribution in [0.5, 0.6) is 0 Å². The van der Waals surface area contributed by atoms with Gasteiger partial charge in [0.1, 0.15) is 16.3 Å². The standard InChI is InChI=1S/C11H19N3S/c1-7(2)6-12-9-5-10(15)14-11(13-9)8(3)4/h5,7-8H,6H2,1-4H3,(H2,12,13,14,15). The van der Waals surface area contributed by atoms with E-state index in [0.717, 1.165) is 18.2 Å². The predicted octanol–water partition coefficient (Wildman–Crippen LogP) is 3.33. The molecule has 0 aliphatic heterocycles. The van der Waals surface area contributed by atoms with Crippen molar-refractivity contribution in [1.82, 2.24) is 9.97 Å². The van der Waals surface area contributed by atoms with Crippen molar-refractivity contribution in [2.24, 2.45) is 5.92 Å². The molecule has 0 aromatic carbocycles. The van der Waals surface area contributed by atoms with Gasteiger partial charge in [-0.05, 0) is 5.92 Å². The summed E-state index contributed by atoms with van der Waals surface area (Å²) < 4.78 is 0.642. The fraction of sp³-hybridized carbons (Fsp3) is 0.636. The Balaban J connectivity index is 2.84. The van der Waals surface area contributed by atoms with Crippen molar-refractivity contribution in [3.63, 3.8) is 0 Å². The normalized spacial score (nSPS) is 11.1. The Morgan fingerprint density at radius 3 is 2.60 bits per heavy atom. The molecular weight excluding hydrogens is 206 g/mol. The van der Waals surface area contributed by atoms with Crippen LogP contribution in [0.1, 0.15) is 39.4 Å². The van der Waals surface area contributed by atoms with Gasteiger partial charge in [-0.3, -0.25) is 0 Å². The number of anilines is 1. The first-order valence-electron chi connectivity index (χ1n) is 5.34. The summed E-state index contributed by atoms with van der Waals surface area (Å²) in [6.45, 7) is 9.48. The Bertz CT molecular complexity index is 368. The summed E-state index contributed by atoms with van der Waals surface area (Å²) in [5.74, 6) is 2.89. The predicted molar refractivity (Wildman–Crippen MR) is 66.8 cm³/mol. The molecule has 15 heavy (non-hydrogen) atoms. The van der Waals surface area contributed by atoms with Crippen molar-refractivity contribution < 1.29 is 0 Å². The lowest BCUT2D eigenvalue weighted by Gasteiger charge is -2.11. The molecule has 0 saturated carbocycles. The molecule has 0 amide bonds. The first-order chi connectivity index (χ1) is 6.99. The fourth-order valence-corrected chi connectivity index (χ4v) is 1.38. The van der Waals surface area contributed by atoms with Gasteiger partial charge < -0.3 is 10.3 Å². The molecule has 2 N–H and O–H groups in total. The minimum absolute atomic E-state index is 0.368. The number of hydrogen-bond acceptors (Lipinski definition) is 3. The minimum Gasteiger partial charge on any atom is -0.371 e. The van der Waals surface area contributed by atoms with Crippen LogP contribution in [0.4, 0.5) is 5.82 Å². The maximum Gasteiger partial charge on any atom is 0.131 e. The van der Waals surface area contributed by atoms with Crippen LogP contribution in [-0.4, -0.2) is 16.5 Å². The summed E-state index contributed by atoms with van der Waals surface area (Å²) in [4.78, 5) is 7.53. The first kappa shape index (κ1) is 12.2. The molecule has 1 aromatic heterocycles. The van der Waals surface area contributed by atoms with Gasteiger partial charge in [0, 0.05) is 18.5 Å². The number of hydrogen-bond donors (Lipinski definition) is 2. The summed E-state index contributed by atoms with van der Waals surface area (Å²) in [7, 11) is 0. The van der Waals surface area contributed by atoms with Gasteiger partial charge in [0.2, 0.25) is 0 Å². The lowest BCUT2D eigenvalue weighted by atomic mass is 10.2. The molecule has 4 heteroatoms. The molecular formula is C11H19N3S. The van der Waals surface area contributed by atoms with Crippen molar-refractivity contribution in [3.8, 4) is 0 Å². The van der Waals surface area contributed by atoms with Crippen LogP contribution in [0.25, 0.3) is 0 Å². The summed E-state index contributed by atoms with van der Waals surface area (Å²) in [6.07, 6.45) is 0. The van der Waals surface area contributed by atoms with Crippen LogP contribution in [-0.2, 0) is 0 Å².